The number of rotatable bonds is 0. The Balaban J connectivity index is 2.09. The summed E-state index contributed by atoms with van der Waals surface area (Å²) in [6, 6.07) is 0. The van der Waals surface area contributed by atoms with Crippen LogP contribution in [0.1, 0.15) is 32.1 Å². The van der Waals surface area contributed by atoms with E-state index in [0.717, 1.165) is 5.76 Å². The van der Waals surface area contributed by atoms with Gasteiger partial charge in [0.15, 0.2) is 0 Å². The number of hydrogen-bond donors (Lipinski definition) is 0. The van der Waals surface area contributed by atoms with Crippen molar-refractivity contribution in [3.05, 3.63) is 36.1 Å². The molecule has 1 nitrogen and oxygen atoms in total. The molecule has 1 unspecified atom stereocenters. The molecule has 2 rings (SSSR count). The SMILES string of the molecule is C1=C2/C=C\C=C\CCCC(CC1)O2. The van der Waals surface area contributed by atoms with E-state index in [1.54, 1.807) is 0 Å². The fourth-order valence-corrected chi connectivity index (χ4v) is 1.81. The van der Waals surface area contributed by atoms with E-state index in [-0.39, 0.29) is 0 Å². The van der Waals surface area contributed by atoms with Crippen molar-refractivity contribution in [3.63, 3.8) is 0 Å². The lowest BCUT2D eigenvalue weighted by Crippen LogP contribution is -2.15. The van der Waals surface area contributed by atoms with Crippen LogP contribution in [0, 0.1) is 0 Å². The molecule has 2 bridgehead atoms. The minimum absolute atomic E-state index is 0.469. The van der Waals surface area contributed by atoms with Crippen molar-refractivity contribution >= 4 is 0 Å². The maximum atomic E-state index is 5.80. The van der Waals surface area contributed by atoms with Gasteiger partial charge in [0.25, 0.3) is 0 Å². The normalized spacial score (nSPS) is 32.6. The van der Waals surface area contributed by atoms with Crippen LogP contribution in [0.4, 0.5) is 0 Å². The highest BCUT2D eigenvalue weighted by Crippen LogP contribution is 2.22. The Morgan fingerprint density at radius 1 is 1.15 bits per heavy atom. The van der Waals surface area contributed by atoms with E-state index in [9.17, 15) is 0 Å². The topological polar surface area (TPSA) is 9.23 Å². The third-order valence-electron chi connectivity index (χ3n) is 2.54. The van der Waals surface area contributed by atoms with Crippen LogP contribution < -0.4 is 0 Å². The van der Waals surface area contributed by atoms with E-state index >= 15 is 0 Å². The van der Waals surface area contributed by atoms with Crippen LogP contribution in [0.3, 0.4) is 0 Å². The Kier molecular flexibility index (Phi) is 2.86. The average molecular weight is 176 g/mol. The van der Waals surface area contributed by atoms with Crippen LogP contribution in [0.15, 0.2) is 36.1 Å². The first-order valence-corrected chi connectivity index (χ1v) is 5.15. The third kappa shape index (κ3) is 2.48. The molecule has 0 N–H and O–H groups in total. The van der Waals surface area contributed by atoms with Gasteiger partial charge in [-0.1, -0.05) is 18.2 Å². The summed E-state index contributed by atoms with van der Waals surface area (Å²) in [7, 11) is 0. The van der Waals surface area contributed by atoms with Crippen LogP contribution in [0.25, 0.3) is 0 Å². The predicted molar refractivity (Wildman–Crippen MR) is 54.3 cm³/mol. The minimum Gasteiger partial charge on any atom is -0.491 e. The summed E-state index contributed by atoms with van der Waals surface area (Å²) in [5.74, 6) is 1.06. The van der Waals surface area contributed by atoms with E-state index in [2.05, 4.69) is 30.4 Å². The second kappa shape index (κ2) is 4.31. The molecular weight excluding hydrogens is 160 g/mol. The Hall–Kier alpha value is -0.980. The summed E-state index contributed by atoms with van der Waals surface area (Å²) in [4.78, 5) is 0. The highest BCUT2D eigenvalue weighted by atomic mass is 16.5. The van der Waals surface area contributed by atoms with E-state index in [0.29, 0.717) is 6.10 Å². The van der Waals surface area contributed by atoms with Crippen LogP contribution in [-0.2, 0) is 4.74 Å². The van der Waals surface area contributed by atoms with Gasteiger partial charge >= 0.3 is 0 Å². The van der Waals surface area contributed by atoms with Crippen molar-refractivity contribution in [2.24, 2.45) is 0 Å². The predicted octanol–water partition coefficient (Wildman–Crippen LogP) is 3.35. The lowest BCUT2D eigenvalue weighted by atomic mass is 10.0. The molecule has 70 valence electrons. The standard InChI is InChI=1S/C12H16O/c1-2-4-7-11-9-6-10-12(13-11)8-5-3-1/h1-2,4,7,9,12H,3,5-6,8,10H2/b2-1+,7-4-. The molecule has 0 saturated carbocycles. The molecule has 0 aromatic heterocycles. The monoisotopic (exact) mass is 176 g/mol. The van der Waals surface area contributed by atoms with Crippen molar-refractivity contribution in [2.45, 2.75) is 38.2 Å². The molecule has 2 aliphatic heterocycles. The van der Waals surface area contributed by atoms with Crippen LogP contribution >= 0.6 is 0 Å². The Labute approximate surface area is 79.8 Å². The smallest absolute Gasteiger partial charge is 0.115 e. The summed E-state index contributed by atoms with van der Waals surface area (Å²) in [6.07, 6.45) is 17.1. The fraction of sp³-hybridized carbons (Fsp3) is 0.500. The molecule has 1 heteroatoms. The van der Waals surface area contributed by atoms with Crippen LogP contribution in [0.2, 0.25) is 0 Å². The Bertz CT molecular complexity index is 248. The average Bonchev–Trinajstić information content (AvgIpc) is 2.17. The molecule has 0 fully saturated rings. The molecule has 1 atom stereocenters. The number of hydrogen-bond acceptors (Lipinski definition) is 1. The van der Waals surface area contributed by atoms with Crippen molar-refractivity contribution in [2.75, 3.05) is 0 Å². The van der Waals surface area contributed by atoms with Crippen molar-refractivity contribution in [3.8, 4) is 0 Å². The van der Waals surface area contributed by atoms with E-state index in [4.69, 9.17) is 4.74 Å². The van der Waals surface area contributed by atoms with Gasteiger partial charge in [0.2, 0.25) is 0 Å². The summed E-state index contributed by atoms with van der Waals surface area (Å²) in [6.45, 7) is 0. The number of ether oxygens (including phenoxy) is 1. The van der Waals surface area contributed by atoms with Crippen molar-refractivity contribution in [1.29, 1.82) is 0 Å². The molecule has 0 aliphatic carbocycles. The van der Waals surface area contributed by atoms with Gasteiger partial charge in [0, 0.05) is 0 Å². The van der Waals surface area contributed by atoms with Gasteiger partial charge in [-0.05, 0) is 44.3 Å². The van der Waals surface area contributed by atoms with Crippen LogP contribution in [0.5, 0.6) is 0 Å². The molecule has 2 aliphatic rings. The van der Waals surface area contributed by atoms with Gasteiger partial charge in [-0.25, -0.2) is 0 Å². The first-order chi connectivity index (χ1) is 6.45. The number of allylic oxidation sites excluding steroid dienone is 5. The molecule has 0 saturated heterocycles. The highest BCUT2D eigenvalue weighted by Gasteiger charge is 2.14. The Morgan fingerprint density at radius 3 is 3.15 bits per heavy atom. The second-order valence-electron chi connectivity index (χ2n) is 3.64. The van der Waals surface area contributed by atoms with Gasteiger partial charge in [-0.15, -0.1) is 0 Å². The summed E-state index contributed by atoms with van der Waals surface area (Å²) in [5, 5.41) is 0. The molecule has 0 aromatic carbocycles. The summed E-state index contributed by atoms with van der Waals surface area (Å²) in [5.41, 5.74) is 0. The largest absolute Gasteiger partial charge is 0.491 e. The zero-order chi connectivity index (χ0) is 8.93. The highest BCUT2D eigenvalue weighted by molar-refractivity contribution is 5.19. The second-order valence-corrected chi connectivity index (χ2v) is 3.64. The third-order valence-corrected chi connectivity index (χ3v) is 2.54. The zero-order valence-corrected chi connectivity index (χ0v) is 7.91. The first-order valence-electron chi connectivity index (χ1n) is 5.15. The number of fused-ring (bicyclic) bond motifs is 2. The molecular formula is C12H16O. The van der Waals surface area contributed by atoms with Gasteiger partial charge < -0.3 is 4.74 Å². The summed E-state index contributed by atoms with van der Waals surface area (Å²) >= 11 is 0. The van der Waals surface area contributed by atoms with Gasteiger partial charge in [0.05, 0.1) is 6.10 Å². The maximum Gasteiger partial charge on any atom is 0.115 e. The quantitative estimate of drug-likeness (QED) is 0.550. The van der Waals surface area contributed by atoms with Crippen molar-refractivity contribution in [1.82, 2.24) is 0 Å². The zero-order valence-electron chi connectivity index (χ0n) is 7.91. The molecule has 0 amide bonds. The summed E-state index contributed by atoms with van der Waals surface area (Å²) < 4.78 is 5.80. The van der Waals surface area contributed by atoms with E-state index in [1.165, 1.54) is 32.1 Å². The fourth-order valence-electron chi connectivity index (χ4n) is 1.81. The van der Waals surface area contributed by atoms with Gasteiger partial charge in [-0.3, -0.25) is 0 Å². The lowest BCUT2D eigenvalue weighted by Gasteiger charge is -2.23. The van der Waals surface area contributed by atoms with Crippen molar-refractivity contribution < 1.29 is 4.74 Å². The lowest BCUT2D eigenvalue weighted by molar-refractivity contribution is 0.0952. The van der Waals surface area contributed by atoms with E-state index in [1.807, 2.05) is 0 Å². The molecule has 2 heterocycles. The molecule has 0 aromatic rings. The van der Waals surface area contributed by atoms with E-state index < -0.39 is 0 Å². The maximum absolute atomic E-state index is 5.80. The first kappa shape index (κ1) is 8.61. The van der Waals surface area contributed by atoms with Crippen LogP contribution in [-0.4, -0.2) is 6.10 Å². The minimum atomic E-state index is 0.469. The Morgan fingerprint density at radius 2 is 2.15 bits per heavy atom. The van der Waals surface area contributed by atoms with Gasteiger partial charge in [0.1, 0.15) is 5.76 Å². The molecule has 13 heavy (non-hydrogen) atoms. The van der Waals surface area contributed by atoms with Gasteiger partial charge in [-0.2, -0.15) is 0 Å². The molecule has 0 spiro atoms. The molecule has 0 radical (unpaired) electrons.